The van der Waals surface area contributed by atoms with Crippen molar-refractivity contribution >= 4 is 17.4 Å². The summed E-state index contributed by atoms with van der Waals surface area (Å²) in [5, 5.41) is 0.809. The molecule has 0 spiro atoms. The SMILES string of the molecule is CN(C)C1=NCCc2cc(Cl)ccc21. The van der Waals surface area contributed by atoms with E-state index in [0.717, 1.165) is 23.8 Å². The van der Waals surface area contributed by atoms with E-state index in [4.69, 9.17) is 11.6 Å². The van der Waals surface area contributed by atoms with E-state index in [2.05, 4.69) is 11.1 Å². The molecule has 0 radical (unpaired) electrons. The van der Waals surface area contributed by atoms with Crippen LogP contribution < -0.4 is 0 Å². The van der Waals surface area contributed by atoms with Crippen molar-refractivity contribution in [3.8, 4) is 0 Å². The molecule has 2 rings (SSSR count). The van der Waals surface area contributed by atoms with Gasteiger partial charge in [0.1, 0.15) is 5.84 Å². The largest absolute Gasteiger partial charge is 0.363 e. The predicted octanol–water partition coefficient (Wildman–Crippen LogP) is 2.20. The van der Waals surface area contributed by atoms with Gasteiger partial charge in [-0.15, -0.1) is 0 Å². The first-order chi connectivity index (χ1) is 6.68. The number of benzene rings is 1. The highest BCUT2D eigenvalue weighted by Crippen LogP contribution is 2.21. The Bertz CT molecular complexity index is 383. The molecule has 1 aliphatic rings. The highest BCUT2D eigenvalue weighted by atomic mass is 35.5. The Morgan fingerprint density at radius 3 is 2.86 bits per heavy atom. The third-order valence-corrected chi connectivity index (χ3v) is 2.61. The van der Waals surface area contributed by atoms with Crippen molar-refractivity contribution in [3.05, 3.63) is 34.3 Å². The molecule has 14 heavy (non-hydrogen) atoms. The summed E-state index contributed by atoms with van der Waals surface area (Å²) in [5.74, 6) is 1.06. The Morgan fingerprint density at radius 1 is 1.36 bits per heavy atom. The molecule has 0 amide bonds. The summed E-state index contributed by atoms with van der Waals surface area (Å²) in [6.45, 7) is 0.862. The molecular weight excluding hydrogens is 196 g/mol. The lowest BCUT2D eigenvalue weighted by atomic mass is 10.0. The quantitative estimate of drug-likeness (QED) is 0.638. The maximum Gasteiger partial charge on any atom is 0.130 e. The van der Waals surface area contributed by atoms with Crippen molar-refractivity contribution in [1.29, 1.82) is 0 Å². The Morgan fingerprint density at radius 2 is 2.14 bits per heavy atom. The van der Waals surface area contributed by atoms with E-state index in [1.165, 1.54) is 11.1 Å². The van der Waals surface area contributed by atoms with E-state index in [-0.39, 0.29) is 0 Å². The topological polar surface area (TPSA) is 15.6 Å². The monoisotopic (exact) mass is 208 g/mol. The fourth-order valence-electron chi connectivity index (χ4n) is 1.74. The molecule has 0 N–H and O–H groups in total. The van der Waals surface area contributed by atoms with Crippen molar-refractivity contribution in [2.24, 2.45) is 4.99 Å². The third kappa shape index (κ3) is 1.62. The molecule has 0 unspecified atom stereocenters. The number of hydrogen-bond acceptors (Lipinski definition) is 2. The average molecular weight is 209 g/mol. The second-order valence-corrected chi connectivity index (χ2v) is 4.09. The normalized spacial score (nSPS) is 14.6. The number of rotatable bonds is 0. The highest BCUT2D eigenvalue weighted by molar-refractivity contribution is 6.30. The van der Waals surface area contributed by atoms with Gasteiger partial charge in [-0.3, -0.25) is 4.99 Å². The molecule has 1 aromatic rings. The van der Waals surface area contributed by atoms with E-state index in [1.807, 2.05) is 31.1 Å². The van der Waals surface area contributed by atoms with Crippen LogP contribution in [0.2, 0.25) is 5.02 Å². The zero-order valence-corrected chi connectivity index (χ0v) is 9.17. The first-order valence-corrected chi connectivity index (χ1v) is 5.07. The fourth-order valence-corrected chi connectivity index (χ4v) is 1.93. The number of aliphatic imine (C=N–C) groups is 1. The predicted molar refractivity (Wildman–Crippen MR) is 60.2 cm³/mol. The van der Waals surface area contributed by atoms with Crippen LogP contribution in [-0.4, -0.2) is 31.4 Å². The van der Waals surface area contributed by atoms with Crippen LogP contribution in [0.1, 0.15) is 11.1 Å². The summed E-state index contributed by atoms with van der Waals surface area (Å²) in [5.41, 5.74) is 2.52. The van der Waals surface area contributed by atoms with Crippen LogP contribution in [-0.2, 0) is 6.42 Å². The van der Waals surface area contributed by atoms with Gasteiger partial charge >= 0.3 is 0 Å². The van der Waals surface area contributed by atoms with Gasteiger partial charge in [0.15, 0.2) is 0 Å². The van der Waals surface area contributed by atoms with Gasteiger partial charge in [0.05, 0.1) is 0 Å². The molecular formula is C11H13ClN2. The van der Waals surface area contributed by atoms with Crippen LogP contribution in [0.4, 0.5) is 0 Å². The number of halogens is 1. The summed E-state index contributed by atoms with van der Waals surface area (Å²) in [6.07, 6.45) is 0.993. The van der Waals surface area contributed by atoms with Crippen molar-refractivity contribution < 1.29 is 0 Å². The Kier molecular flexibility index (Phi) is 2.46. The molecule has 2 nitrogen and oxygen atoms in total. The minimum Gasteiger partial charge on any atom is -0.363 e. The van der Waals surface area contributed by atoms with Crippen LogP contribution in [0.3, 0.4) is 0 Å². The molecule has 74 valence electrons. The summed E-state index contributed by atoms with van der Waals surface area (Å²) in [4.78, 5) is 6.55. The van der Waals surface area contributed by atoms with Gasteiger partial charge in [0.25, 0.3) is 0 Å². The number of nitrogens with zero attached hydrogens (tertiary/aromatic N) is 2. The van der Waals surface area contributed by atoms with Crippen LogP contribution in [0.5, 0.6) is 0 Å². The Labute approximate surface area is 89.2 Å². The smallest absolute Gasteiger partial charge is 0.130 e. The molecule has 0 atom stereocenters. The summed E-state index contributed by atoms with van der Waals surface area (Å²) in [7, 11) is 4.03. The molecule has 1 aliphatic heterocycles. The molecule has 0 saturated heterocycles. The van der Waals surface area contributed by atoms with Crippen LogP contribution in [0, 0.1) is 0 Å². The molecule has 3 heteroatoms. The first kappa shape index (κ1) is 9.53. The maximum atomic E-state index is 5.95. The lowest BCUT2D eigenvalue weighted by Gasteiger charge is -2.22. The molecule has 0 saturated carbocycles. The van der Waals surface area contributed by atoms with E-state index >= 15 is 0 Å². The van der Waals surface area contributed by atoms with Gasteiger partial charge in [-0.05, 0) is 30.2 Å². The second kappa shape index (κ2) is 3.62. The fraction of sp³-hybridized carbons (Fsp3) is 0.364. The zero-order chi connectivity index (χ0) is 10.1. The minimum absolute atomic E-state index is 0.809. The van der Waals surface area contributed by atoms with Gasteiger partial charge in [0.2, 0.25) is 0 Å². The Balaban J connectivity index is 2.49. The zero-order valence-electron chi connectivity index (χ0n) is 8.42. The first-order valence-electron chi connectivity index (χ1n) is 4.69. The third-order valence-electron chi connectivity index (χ3n) is 2.37. The van der Waals surface area contributed by atoms with Crippen molar-refractivity contribution in [2.75, 3.05) is 20.6 Å². The summed E-state index contributed by atoms with van der Waals surface area (Å²) in [6, 6.07) is 6.01. The molecule has 1 aromatic carbocycles. The van der Waals surface area contributed by atoms with Gasteiger partial charge < -0.3 is 4.90 Å². The average Bonchev–Trinajstić information content (AvgIpc) is 2.16. The molecule has 1 heterocycles. The van der Waals surface area contributed by atoms with Gasteiger partial charge in [-0.25, -0.2) is 0 Å². The lowest BCUT2D eigenvalue weighted by molar-refractivity contribution is 0.613. The van der Waals surface area contributed by atoms with E-state index in [0.29, 0.717) is 0 Å². The van der Waals surface area contributed by atoms with Crippen LogP contribution >= 0.6 is 11.6 Å². The summed E-state index contributed by atoms with van der Waals surface area (Å²) >= 11 is 5.95. The highest BCUT2D eigenvalue weighted by Gasteiger charge is 2.15. The van der Waals surface area contributed by atoms with Crippen molar-refractivity contribution in [2.45, 2.75) is 6.42 Å². The maximum absolute atomic E-state index is 5.95. The van der Waals surface area contributed by atoms with E-state index in [1.54, 1.807) is 0 Å². The van der Waals surface area contributed by atoms with Gasteiger partial charge in [-0.1, -0.05) is 11.6 Å². The van der Waals surface area contributed by atoms with Crippen molar-refractivity contribution in [1.82, 2.24) is 4.90 Å². The van der Waals surface area contributed by atoms with Gasteiger partial charge in [-0.2, -0.15) is 0 Å². The number of amidine groups is 1. The molecule has 0 aromatic heterocycles. The number of hydrogen-bond donors (Lipinski definition) is 0. The molecule has 0 bridgehead atoms. The van der Waals surface area contributed by atoms with E-state index < -0.39 is 0 Å². The van der Waals surface area contributed by atoms with Crippen LogP contribution in [0.25, 0.3) is 0 Å². The van der Waals surface area contributed by atoms with Crippen molar-refractivity contribution in [3.63, 3.8) is 0 Å². The lowest BCUT2D eigenvalue weighted by Crippen LogP contribution is -2.27. The van der Waals surface area contributed by atoms with E-state index in [9.17, 15) is 0 Å². The van der Waals surface area contributed by atoms with Gasteiger partial charge in [0, 0.05) is 31.2 Å². The summed E-state index contributed by atoms with van der Waals surface area (Å²) < 4.78 is 0. The number of fused-ring (bicyclic) bond motifs is 1. The molecule has 0 fully saturated rings. The standard InChI is InChI=1S/C11H13ClN2/c1-14(2)11-10-4-3-9(12)7-8(10)5-6-13-11/h3-4,7H,5-6H2,1-2H3. The Hall–Kier alpha value is -1.02. The minimum atomic E-state index is 0.809. The molecule has 0 aliphatic carbocycles. The van der Waals surface area contributed by atoms with Crippen LogP contribution in [0.15, 0.2) is 23.2 Å². The second-order valence-electron chi connectivity index (χ2n) is 3.65.